The molecular weight excluding hydrogens is 214 g/mol. The van der Waals surface area contributed by atoms with E-state index in [1.54, 1.807) is 14.2 Å². The van der Waals surface area contributed by atoms with E-state index in [0.717, 1.165) is 6.42 Å². The quantitative estimate of drug-likeness (QED) is 0.674. The molecule has 0 aliphatic carbocycles. The molecule has 0 aromatic carbocycles. The molecule has 4 nitrogen and oxygen atoms in total. The lowest BCUT2D eigenvalue weighted by atomic mass is 10.2. The molecular formula is C10H23NO3S. The molecule has 1 atom stereocenters. The van der Waals surface area contributed by atoms with Crippen LogP contribution in [0.25, 0.3) is 0 Å². The minimum atomic E-state index is -2.95. The molecule has 0 bridgehead atoms. The highest BCUT2D eigenvalue weighted by atomic mass is 32.2. The fraction of sp³-hybridized carbons (Fsp3) is 1.00. The summed E-state index contributed by atoms with van der Waals surface area (Å²) < 4.78 is 28.3. The van der Waals surface area contributed by atoms with Gasteiger partial charge in [-0.05, 0) is 19.4 Å². The van der Waals surface area contributed by atoms with E-state index in [4.69, 9.17) is 4.74 Å². The second-order valence-corrected chi connectivity index (χ2v) is 6.47. The third-order valence-corrected chi connectivity index (χ3v) is 4.01. The van der Waals surface area contributed by atoms with Crippen molar-refractivity contribution in [3.63, 3.8) is 0 Å². The fourth-order valence-corrected chi connectivity index (χ4v) is 3.09. The molecule has 0 amide bonds. The largest absolute Gasteiger partial charge is 0.383 e. The molecule has 0 saturated carbocycles. The van der Waals surface area contributed by atoms with Crippen LogP contribution in [0.5, 0.6) is 0 Å². The van der Waals surface area contributed by atoms with Crippen molar-refractivity contribution >= 4 is 9.84 Å². The molecule has 1 N–H and O–H groups in total. The maximum absolute atomic E-state index is 11.7. The zero-order valence-corrected chi connectivity index (χ0v) is 10.9. The lowest BCUT2D eigenvalue weighted by Crippen LogP contribution is -2.37. The molecule has 92 valence electrons. The Kier molecular flexibility index (Phi) is 7.13. The van der Waals surface area contributed by atoms with Gasteiger partial charge in [-0.15, -0.1) is 0 Å². The van der Waals surface area contributed by atoms with Crippen LogP contribution in [0.3, 0.4) is 0 Å². The van der Waals surface area contributed by atoms with E-state index in [9.17, 15) is 8.42 Å². The van der Waals surface area contributed by atoms with Crippen LogP contribution in [0, 0.1) is 5.92 Å². The Balaban J connectivity index is 4.10. The van der Waals surface area contributed by atoms with Crippen molar-refractivity contribution in [1.29, 1.82) is 0 Å². The summed E-state index contributed by atoms with van der Waals surface area (Å²) in [6.07, 6.45) is 0.728. The first-order valence-electron chi connectivity index (χ1n) is 5.28. The van der Waals surface area contributed by atoms with Crippen LogP contribution in [0.4, 0.5) is 0 Å². The maximum Gasteiger partial charge on any atom is 0.151 e. The first kappa shape index (κ1) is 14.9. The predicted molar refractivity (Wildman–Crippen MR) is 62.8 cm³/mol. The second kappa shape index (κ2) is 7.19. The van der Waals surface area contributed by atoms with Crippen molar-refractivity contribution in [1.82, 2.24) is 5.32 Å². The average molecular weight is 237 g/mol. The van der Waals surface area contributed by atoms with Crippen LogP contribution >= 0.6 is 0 Å². The lowest BCUT2D eigenvalue weighted by molar-refractivity contribution is 0.176. The molecule has 0 heterocycles. The van der Waals surface area contributed by atoms with E-state index >= 15 is 0 Å². The standard InChI is InChI=1S/C10H23NO3S/c1-9(2)5-6-15(12,13)8-10(11-3)7-14-4/h9-11H,5-8H2,1-4H3. The van der Waals surface area contributed by atoms with Crippen molar-refractivity contribution in [3.05, 3.63) is 0 Å². The predicted octanol–water partition coefficient (Wildman–Crippen LogP) is 0.682. The highest BCUT2D eigenvalue weighted by Gasteiger charge is 2.18. The summed E-state index contributed by atoms with van der Waals surface area (Å²) in [5, 5.41) is 2.94. The Morgan fingerprint density at radius 2 is 1.93 bits per heavy atom. The summed E-state index contributed by atoms with van der Waals surface area (Å²) in [4.78, 5) is 0. The van der Waals surface area contributed by atoms with Gasteiger partial charge >= 0.3 is 0 Å². The summed E-state index contributed by atoms with van der Waals surface area (Å²) in [6.45, 7) is 4.48. The van der Waals surface area contributed by atoms with Gasteiger partial charge in [0, 0.05) is 13.2 Å². The molecule has 0 fully saturated rings. The second-order valence-electron chi connectivity index (χ2n) is 4.24. The zero-order valence-electron chi connectivity index (χ0n) is 10.1. The topological polar surface area (TPSA) is 55.4 Å². The van der Waals surface area contributed by atoms with Gasteiger partial charge in [-0.3, -0.25) is 0 Å². The molecule has 0 radical (unpaired) electrons. The summed E-state index contributed by atoms with van der Waals surface area (Å²) in [7, 11) is 0.373. The average Bonchev–Trinajstić information content (AvgIpc) is 2.14. The van der Waals surface area contributed by atoms with Gasteiger partial charge in [0.1, 0.15) is 0 Å². The molecule has 5 heteroatoms. The van der Waals surface area contributed by atoms with Crippen LogP contribution in [0.1, 0.15) is 20.3 Å². The van der Waals surface area contributed by atoms with Crippen molar-refractivity contribution in [2.75, 3.05) is 32.3 Å². The minimum absolute atomic E-state index is 0.104. The Morgan fingerprint density at radius 1 is 1.33 bits per heavy atom. The van der Waals surface area contributed by atoms with Crippen LogP contribution in [0.15, 0.2) is 0 Å². The Bertz CT molecular complexity index is 249. The van der Waals surface area contributed by atoms with Gasteiger partial charge in [0.15, 0.2) is 9.84 Å². The molecule has 0 saturated heterocycles. The highest BCUT2D eigenvalue weighted by molar-refractivity contribution is 7.91. The van der Waals surface area contributed by atoms with Gasteiger partial charge in [-0.2, -0.15) is 0 Å². The number of rotatable bonds is 8. The van der Waals surface area contributed by atoms with Gasteiger partial charge in [-0.1, -0.05) is 13.8 Å². The van der Waals surface area contributed by atoms with Crippen LogP contribution in [0.2, 0.25) is 0 Å². The Morgan fingerprint density at radius 3 is 2.33 bits per heavy atom. The number of methoxy groups -OCH3 is 1. The lowest BCUT2D eigenvalue weighted by Gasteiger charge is -2.15. The third-order valence-electron chi connectivity index (χ3n) is 2.24. The van der Waals surface area contributed by atoms with Gasteiger partial charge in [0.2, 0.25) is 0 Å². The number of hydrogen-bond acceptors (Lipinski definition) is 4. The third kappa shape index (κ3) is 7.76. The van der Waals surface area contributed by atoms with Crippen molar-refractivity contribution in [3.8, 4) is 0 Å². The van der Waals surface area contributed by atoms with Crippen LogP contribution < -0.4 is 5.32 Å². The van der Waals surface area contributed by atoms with E-state index in [0.29, 0.717) is 12.5 Å². The number of ether oxygens (including phenoxy) is 1. The van der Waals surface area contributed by atoms with Crippen molar-refractivity contribution in [2.24, 2.45) is 5.92 Å². The van der Waals surface area contributed by atoms with Crippen LogP contribution in [-0.4, -0.2) is 46.7 Å². The summed E-state index contributed by atoms with van der Waals surface area (Å²) in [6, 6.07) is -0.104. The summed E-state index contributed by atoms with van der Waals surface area (Å²) >= 11 is 0. The van der Waals surface area contributed by atoms with Gasteiger partial charge < -0.3 is 10.1 Å². The van der Waals surface area contributed by atoms with Crippen molar-refractivity contribution < 1.29 is 13.2 Å². The van der Waals surface area contributed by atoms with E-state index in [1.807, 2.05) is 13.8 Å². The number of likely N-dealkylation sites (N-methyl/N-ethyl adjacent to an activating group) is 1. The maximum atomic E-state index is 11.7. The van der Waals surface area contributed by atoms with Gasteiger partial charge in [0.05, 0.1) is 18.1 Å². The molecule has 0 aromatic rings. The highest BCUT2D eigenvalue weighted by Crippen LogP contribution is 2.05. The summed E-state index contributed by atoms with van der Waals surface area (Å²) in [5.41, 5.74) is 0. The Hall–Kier alpha value is -0.130. The van der Waals surface area contributed by atoms with Crippen molar-refractivity contribution in [2.45, 2.75) is 26.3 Å². The number of nitrogens with one attached hydrogen (secondary N) is 1. The van der Waals surface area contributed by atoms with E-state index in [2.05, 4.69) is 5.32 Å². The van der Waals surface area contributed by atoms with E-state index in [1.165, 1.54) is 0 Å². The monoisotopic (exact) mass is 237 g/mol. The normalized spacial score (nSPS) is 14.5. The SMILES string of the molecule is CNC(COC)CS(=O)(=O)CCC(C)C. The van der Waals surface area contributed by atoms with Gasteiger partial charge in [-0.25, -0.2) is 8.42 Å². The first-order chi connectivity index (χ1) is 6.91. The number of hydrogen-bond donors (Lipinski definition) is 1. The first-order valence-corrected chi connectivity index (χ1v) is 7.10. The molecule has 0 aliphatic rings. The number of sulfone groups is 1. The molecule has 0 rings (SSSR count). The Labute approximate surface area is 93.3 Å². The van der Waals surface area contributed by atoms with E-state index in [-0.39, 0.29) is 17.5 Å². The molecule has 0 spiro atoms. The molecule has 15 heavy (non-hydrogen) atoms. The molecule has 0 aliphatic heterocycles. The van der Waals surface area contributed by atoms with Crippen LogP contribution in [-0.2, 0) is 14.6 Å². The molecule has 1 unspecified atom stereocenters. The summed E-state index contributed by atoms with van der Waals surface area (Å²) in [5.74, 6) is 0.853. The fourth-order valence-electron chi connectivity index (χ4n) is 1.22. The van der Waals surface area contributed by atoms with E-state index < -0.39 is 9.84 Å². The van der Waals surface area contributed by atoms with Gasteiger partial charge in [0.25, 0.3) is 0 Å². The molecule has 0 aromatic heterocycles. The zero-order chi connectivity index (χ0) is 11.9. The minimum Gasteiger partial charge on any atom is -0.383 e. The smallest absolute Gasteiger partial charge is 0.151 e.